The van der Waals surface area contributed by atoms with Crippen molar-refractivity contribution in [2.45, 2.75) is 13.5 Å². The van der Waals surface area contributed by atoms with Crippen molar-refractivity contribution in [3.63, 3.8) is 0 Å². The maximum Gasteiger partial charge on any atom is 0.320 e. The predicted molar refractivity (Wildman–Crippen MR) is 112 cm³/mol. The van der Waals surface area contributed by atoms with Gasteiger partial charge in [0.05, 0.1) is 11.0 Å². The zero-order valence-electron chi connectivity index (χ0n) is 16.8. The Bertz CT molecular complexity index is 1030. The Labute approximate surface area is 173 Å². The lowest BCUT2D eigenvalue weighted by Crippen LogP contribution is -2.49. The molecule has 1 aromatic heterocycles. The summed E-state index contributed by atoms with van der Waals surface area (Å²) in [5.74, 6) is 0.245. The first kappa shape index (κ1) is 20.3. The van der Waals surface area contributed by atoms with Gasteiger partial charge in [0.15, 0.2) is 0 Å². The number of aromatic nitrogens is 2. The zero-order chi connectivity index (χ0) is 21.1. The summed E-state index contributed by atoms with van der Waals surface area (Å²) >= 11 is 0. The highest BCUT2D eigenvalue weighted by atomic mass is 19.3. The van der Waals surface area contributed by atoms with Crippen LogP contribution in [-0.4, -0.2) is 59.8 Å². The maximum atomic E-state index is 13.8. The topological polar surface area (TPSA) is 50.6 Å². The Morgan fingerprint density at radius 1 is 1.10 bits per heavy atom. The smallest absolute Gasteiger partial charge is 0.320 e. The number of carbonyl (C=O) groups excluding carboxylic acids is 1. The van der Waals surface area contributed by atoms with Crippen molar-refractivity contribution in [3.05, 3.63) is 48.5 Å². The Balaban J connectivity index is 1.55. The van der Waals surface area contributed by atoms with Crippen LogP contribution in [0.25, 0.3) is 22.4 Å². The van der Waals surface area contributed by atoms with E-state index in [1.807, 2.05) is 25.1 Å². The van der Waals surface area contributed by atoms with E-state index in [0.29, 0.717) is 49.4 Å². The average Bonchev–Trinajstić information content (AvgIpc) is 3.17. The second-order valence-corrected chi connectivity index (χ2v) is 7.13. The number of para-hydroxylation sites is 2. The minimum absolute atomic E-state index is 0.00379. The van der Waals surface area contributed by atoms with Crippen LogP contribution in [0.15, 0.2) is 48.5 Å². The van der Waals surface area contributed by atoms with Gasteiger partial charge in [-0.3, -0.25) is 9.36 Å². The van der Waals surface area contributed by atoms with E-state index in [1.54, 1.807) is 35.2 Å². The van der Waals surface area contributed by atoms with Gasteiger partial charge in [-0.25, -0.2) is 4.98 Å². The van der Waals surface area contributed by atoms with Crippen LogP contribution in [0.4, 0.5) is 14.5 Å². The van der Waals surface area contributed by atoms with E-state index < -0.39 is 6.55 Å². The zero-order valence-corrected chi connectivity index (χ0v) is 16.8. The molecule has 0 aliphatic carbocycles. The van der Waals surface area contributed by atoms with E-state index in [1.165, 1.54) is 0 Å². The summed E-state index contributed by atoms with van der Waals surface area (Å²) in [5.41, 5.74) is 2.52. The van der Waals surface area contributed by atoms with E-state index in [4.69, 9.17) is 4.74 Å². The van der Waals surface area contributed by atoms with Gasteiger partial charge in [-0.2, -0.15) is 8.78 Å². The normalized spacial score (nSPS) is 14.7. The number of alkyl halides is 2. The fourth-order valence-corrected chi connectivity index (χ4v) is 3.78. The van der Waals surface area contributed by atoms with Crippen LogP contribution in [-0.2, 0) is 9.53 Å². The molecule has 30 heavy (non-hydrogen) atoms. The number of amides is 1. The number of hydrogen-bond acceptors (Lipinski definition) is 4. The molecule has 1 fully saturated rings. The van der Waals surface area contributed by atoms with Crippen molar-refractivity contribution < 1.29 is 18.3 Å². The van der Waals surface area contributed by atoms with Crippen molar-refractivity contribution in [2.75, 3.05) is 44.3 Å². The van der Waals surface area contributed by atoms with Crippen molar-refractivity contribution in [2.24, 2.45) is 0 Å². The number of rotatable bonds is 6. The van der Waals surface area contributed by atoms with Crippen LogP contribution < -0.4 is 4.90 Å². The molecule has 2 heterocycles. The van der Waals surface area contributed by atoms with Gasteiger partial charge < -0.3 is 14.5 Å². The fourth-order valence-electron chi connectivity index (χ4n) is 3.78. The van der Waals surface area contributed by atoms with Crippen LogP contribution in [0.3, 0.4) is 0 Å². The van der Waals surface area contributed by atoms with Crippen LogP contribution in [0.2, 0.25) is 0 Å². The summed E-state index contributed by atoms with van der Waals surface area (Å²) in [5, 5.41) is 0. The van der Waals surface area contributed by atoms with E-state index in [0.717, 1.165) is 10.3 Å². The molecule has 4 rings (SSSR count). The minimum atomic E-state index is -2.68. The molecule has 3 aromatic rings. The third kappa shape index (κ3) is 4.00. The van der Waals surface area contributed by atoms with Gasteiger partial charge in [0.25, 0.3) is 0 Å². The number of anilines is 1. The summed E-state index contributed by atoms with van der Waals surface area (Å²) in [4.78, 5) is 20.5. The second-order valence-electron chi connectivity index (χ2n) is 7.13. The quantitative estimate of drug-likeness (QED) is 0.616. The van der Waals surface area contributed by atoms with E-state index >= 15 is 0 Å². The molecule has 0 saturated carbocycles. The highest BCUT2D eigenvalue weighted by Crippen LogP contribution is 2.31. The van der Waals surface area contributed by atoms with Crippen LogP contribution in [0.5, 0.6) is 0 Å². The van der Waals surface area contributed by atoms with Gasteiger partial charge in [0.2, 0.25) is 5.91 Å². The van der Waals surface area contributed by atoms with Gasteiger partial charge in [-0.05, 0) is 31.2 Å². The molecule has 0 atom stereocenters. The molecular formula is C22H24F2N4O2. The number of benzene rings is 2. The molecule has 2 aromatic carbocycles. The third-order valence-corrected chi connectivity index (χ3v) is 5.32. The number of piperazine rings is 1. The summed E-state index contributed by atoms with van der Waals surface area (Å²) < 4.78 is 33.8. The van der Waals surface area contributed by atoms with Gasteiger partial charge in [0, 0.05) is 44.0 Å². The second kappa shape index (κ2) is 8.79. The number of ether oxygens (including phenoxy) is 1. The Kier molecular flexibility index (Phi) is 5.94. The number of nitrogens with zero attached hydrogens (tertiary/aromatic N) is 4. The molecule has 1 saturated heterocycles. The summed E-state index contributed by atoms with van der Waals surface area (Å²) in [6, 6.07) is 14.4. The summed E-state index contributed by atoms with van der Waals surface area (Å²) in [6.45, 7) is 2.35. The van der Waals surface area contributed by atoms with E-state index in [2.05, 4.69) is 9.88 Å². The molecular weight excluding hydrogens is 390 g/mol. The molecule has 1 aliphatic rings. The monoisotopic (exact) mass is 414 g/mol. The molecule has 0 radical (unpaired) electrons. The minimum Gasteiger partial charge on any atom is -0.372 e. The highest BCUT2D eigenvalue weighted by Gasteiger charge is 2.23. The molecule has 0 bridgehead atoms. The van der Waals surface area contributed by atoms with Gasteiger partial charge in [-0.15, -0.1) is 0 Å². The fraction of sp³-hybridized carbons (Fsp3) is 0.364. The van der Waals surface area contributed by atoms with Crippen LogP contribution in [0, 0.1) is 0 Å². The maximum absolute atomic E-state index is 13.8. The SMILES string of the molecule is CCOCC(=O)N1CCN(c2cccc(-c3nc4ccccc4n3C(F)F)c2)CC1. The lowest BCUT2D eigenvalue weighted by atomic mass is 10.1. The highest BCUT2D eigenvalue weighted by molar-refractivity contribution is 5.81. The average molecular weight is 414 g/mol. The first-order valence-corrected chi connectivity index (χ1v) is 10.0. The number of fused-ring (bicyclic) bond motifs is 1. The van der Waals surface area contributed by atoms with Crippen molar-refractivity contribution >= 4 is 22.6 Å². The third-order valence-electron chi connectivity index (χ3n) is 5.32. The van der Waals surface area contributed by atoms with Crippen molar-refractivity contribution in [3.8, 4) is 11.4 Å². The first-order chi connectivity index (χ1) is 14.6. The number of hydrogen-bond donors (Lipinski definition) is 0. The molecule has 1 amide bonds. The Hall–Kier alpha value is -3.00. The standard InChI is InChI=1S/C22H24F2N4O2/c1-2-30-15-20(29)27-12-10-26(11-13-27)17-7-5-6-16(14-17)21-25-18-8-3-4-9-19(18)28(21)22(23)24/h3-9,14,22H,2,10-13,15H2,1H3. The van der Waals surface area contributed by atoms with Gasteiger partial charge in [-0.1, -0.05) is 24.3 Å². The van der Waals surface area contributed by atoms with Gasteiger partial charge >= 0.3 is 6.55 Å². The van der Waals surface area contributed by atoms with Crippen molar-refractivity contribution in [1.82, 2.24) is 14.5 Å². The van der Waals surface area contributed by atoms with Gasteiger partial charge in [0.1, 0.15) is 12.4 Å². The molecule has 6 nitrogen and oxygen atoms in total. The molecule has 8 heteroatoms. The lowest BCUT2D eigenvalue weighted by molar-refractivity contribution is -0.136. The Morgan fingerprint density at radius 3 is 2.60 bits per heavy atom. The lowest BCUT2D eigenvalue weighted by Gasteiger charge is -2.36. The van der Waals surface area contributed by atoms with Crippen molar-refractivity contribution in [1.29, 1.82) is 0 Å². The number of halogens is 2. The molecule has 0 spiro atoms. The Morgan fingerprint density at radius 2 is 1.87 bits per heavy atom. The number of carbonyl (C=O) groups is 1. The molecule has 0 N–H and O–H groups in total. The molecule has 158 valence electrons. The molecule has 0 unspecified atom stereocenters. The largest absolute Gasteiger partial charge is 0.372 e. The molecule has 1 aliphatic heterocycles. The van der Waals surface area contributed by atoms with Crippen LogP contribution >= 0.6 is 0 Å². The predicted octanol–water partition coefficient (Wildman–Crippen LogP) is 3.78. The van der Waals surface area contributed by atoms with Crippen LogP contribution in [0.1, 0.15) is 13.5 Å². The summed E-state index contributed by atoms with van der Waals surface area (Å²) in [7, 11) is 0. The van der Waals surface area contributed by atoms with E-state index in [-0.39, 0.29) is 18.3 Å². The van der Waals surface area contributed by atoms with E-state index in [9.17, 15) is 13.6 Å². The first-order valence-electron chi connectivity index (χ1n) is 10.0. The summed E-state index contributed by atoms with van der Waals surface area (Å²) in [6.07, 6.45) is 0. The number of imidazole rings is 1.